The van der Waals surface area contributed by atoms with Crippen molar-refractivity contribution in [3.8, 4) is 0 Å². The van der Waals surface area contributed by atoms with Gasteiger partial charge in [0.1, 0.15) is 0 Å². The fourth-order valence-corrected chi connectivity index (χ4v) is 6.28. The number of hydrogen-bond acceptors (Lipinski definition) is 3. The first-order valence-corrected chi connectivity index (χ1v) is 20.0. The quantitative estimate of drug-likeness (QED) is 0.0563. The fourth-order valence-electron chi connectivity index (χ4n) is 6.28. The van der Waals surface area contributed by atoms with Crippen LogP contribution in [-0.4, -0.2) is 23.8 Å². The maximum absolute atomic E-state index is 12.0. The van der Waals surface area contributed by atoms with Crippen molar-refractivity contribution in [3.63, 3.8) is 0 Å². The second kappa shape index (κ2) is 37.6. The Kier molecular flexibility index (Phi) is 37.1. The summed E-state index contributed by atoms with van der Waals surface area (Å²) in [5.74, 6) is 0.00561. The molecular weight excluding hydrogens is 528 g/mol. The zero-order valence-electron chi connectivity index (χ0n) is 29.8. The van der Waals surface area contributed by atoms with Crippen molar-refractivity contribution in [3.05, 3.63) is 0 Å². The summed E-state index contributed by atoms with van der Waals surface area (Å²) in [7, 11) is 0. The molecule has 258 valence electrons. The zero-order valence-corrected chi connectivity index (χ0v) is 29.8. The van der Waals surface area contributed by atoms with Crippen LogP contribution in [0.4, 0.5) is 0 Å². The number of carbonyl (C=O) groups is 1. The van der Waals surface area contributed by atoms with E-state index in [1.54, 1.807) is 0 Å². The van der Waals surface area contributed by atoms with Crippen molar-refractivity contribution >= 4 is 5.97 Å². The summed E-state index contributed by atoms with van der Waals surface area (Å²) < 4.78 is 5.45. The lowest BCUT2D eigenvalue weighted by Gasteiger charge is -2.10. The van der Waals surface area contributed by atoms with Gasteiger partial charge >= 0.3 is 5.97 Å². The molecule has 1 unspecified atom stereocenters. The summed E-state index contributed by atoms with van der Waals surface area (Å²) in [5.41, 5.74) is 0. The first-order valence-electron chi connectivity index (χ1n) is 20.0. The summed E-state index contributed by atoms with van der Waals surface area (Å²) in [6.07, 6.45) is 44.9. The third kappa shape index (κ3) is 37.5. The summed E-state index contributed by atoms with van der Waals surface area (Å²) in [6.45, 7) is 5.14. The summed E-state index contributed by atoms with van der Waals surface area (Å²) >= 11 is 0. The maximum Gasteiger partial charge on any atom is 0.305 e. The molecule has 1 N–H and O–H groups in total. The van der Waals surface area contributed by atoms with Crippen molar-refractivity contribution in [2.45, 2.75) is 245 Å². The van der Waals surface area contributed by atoms with Gasteiger partial charge in [-0.1, -0.05) is 206 Å². The predicted octanol–water partition coefficient (Wildman–Crippen LogP) is 13.6. The van der Waals surface area contributed by atoms with E-state index < -0.39 is 0 Å². The van der Waals surface area contributed by atoms with E-state index in [2.05, 4.69) is 13.8 Å². The van der Waals surface area contributed by atoms with Gasteiger partial charge in [0.15, 0.2) is 0 Å². The molecule has 3 nitrogen and oxygen atoms in total. The van der Waals surface area contributed by atoms with E-state index in [0.717, 1.165) is 32.1 Å². The van der Waals surface area contributed by atoms with Crippen LogP contribution in [0.15, 0.2) is 0 Å². The Morgan fingerprint density at radius 2 is 0.698 bits per heavy atom. The van der Waals surface area contributed by atoms with Crippen molar-refractivity contribution in [1.82, 2.24) is 0 Å². The smallest absolute Gasteiger partial charge is 0.305 e. The molecular formula is C40H80O3. The second-order valence-electron chi connectivity index (χ2n) is 13.8. The molecule has 0 aromatic carbocycles. The van der Waals surface area contributed by atoms with Crippen LogP contribution in [-0.2, 0) is 9.53 Å². The molecule has 0 radical (unpaired) electrons. The van der Waals surface area contributed by atoms with Crippen molar-refractivity contribution in [2.24, 2.45) is 0 Å². The zero-order chi connectivity index (χ0) is 31.3. The molecule has 0 rings (SSSR count). The topological polar surface area (TPSA) is 46.5 Å². The Labute approximate surface area is 271 Å². The van der Waals surface area contributed by atoms with Gasteiger partial charge in [0.25, 0.3) is 0 Å². The Morgan fingerprint density at radius 1 is 0.419 bits per heavy atom. The molecule has 43 heavy (non-hydrogen) atoms. The van der Waals surface area contributed by atoms with Gasteiger partial charge in [-0.05, 0) is 25.7 Å². The van der Waals surface area contributed by atoms with Gasteiger partial charge in [-0.15, -0.1) is 0 Å². The number of ether oxygens (including phenoxy) is 1. The number of rotatable bonds is 37. The van der Waals surface area contributed by atoms with E-state index in [-0.39, 0.29) is 12.1 Å². The number of aliphatic hydroxyl groups is 1. The van der Waals surface area contributed by atoms with Crippen LogP contribution in [0.5, 0.6) is 0 Å². The standard InChI is InChI=1S/C40H80O3/c1-3-5-7-9-10-11-12-13-14-15-16-17-18-19-20-21-24-27-30-34-38-43-40(42)37-33-29-26-23-22-25-28-32-36-39(41)35-31-8-6-4-2/h39,41H,3-38H2,1-2H3. The lowest BCUT2D eigenvalue weighted by atomic mass is 10.0. The first-order chi connectivity index (χ1) is 21.2. The van der Waals surface area contributed by atoms with Crippen LogP contribution in [0.25, 0.3) is 0 Å². The third-order valence-electron chi connectivity index (χ3n) is 9.32. The average molecular weight is 609 g/mol. The minimum absolute atomic E-state index is 0.00561. The summed E-state index contributed by atoms with van der Waals surface area (Å²) in [4.78, 5) is 12.0. The second-order valence-corrected chi connectivity index (χ2v) is 13.8. The van der Waals surface area contributed by atoms with Crippen molar-refractivity contribution < 1.29 is 14.6 Å². The molecule has 0 saturated carbocycles. The highest BCUT2D eigenvalue weighted by Gasteiger charge is 2.05. The molecule has 1 atom stereocenters. The number of carbonyl (C=O) groups excluding carboxylic acids is 1. The van der Waals surface area contributed by atoms with Gasteiger partial charge in [-0.25, -0.2) is 0 Å². The Balaban J connectivity index is 3.18. The molecule has 0 aromatic rings. The van der Waals surface area contributed by atoms with Crippen molar-refractivity contribution in [1.29, 1.82) is 0 Å². The van der Waals surface area contributed by atoms with Crippen molar-refractivity contribution in [2.75, 3.05) is 6.61 Å². The summed E-state index contributed by atoms with van der Waals surface area (Å²) in [6, 6.07) is 0. The summed E-state index contributed by atoms with van der Waals surface area (Å²) in [5, 5.41) is 10.0. The molecule has 0 aliphatic carbocycles. The Morgan fingerprint density at radius 3 is 1.07 bits per heavy atom. The molecule has 0 heterocycles. The van der Waals surface area contributed by atoms with E-state index in [0.29, 0.717) is 13.0 Å². The van der Waals surface area contributed by atoms with E-state index in [1.165, 1.54) is 186 Å². The van der Waals surface area contributed by atoms with Gasteiger partial charge in [0.2, 0.25) is 0 Å². The highest BCUT2D eigenvalue weighted by molar-refractivity contribution is 5.69. The van der Waals surface area contributed by atoms with E-state index in [4.69, 9.17) is 4.74 Å². The lowest BCUT2D eigenvalue weighted by Crippen LogP contribution is -2.06. The maximum atomic E-state index is 12.0. The van der Waals surface area contributed by atoms with E-state index in [1.807, 2.05) is 0 Å². The van der Waals surface area contributed by atoms with Gasteiger partial charge in [0.05, 0.1) is 12.7 Å². The fraction of sp³-hybridized carbons (Fsp3) is 0.975. The molecule has 0 aromatic heterocycles. The predicted molar refractivity (Wildman–Crippen MR) is 190 cm³/mol. The number of aliphatic hydroxyl groups excluding tert-OH is 1. The third-order valence-corrected chi connectivity index (χ3v) is 9.32. The van der Waals surface area contributed by atoms with Crippen LogP contribution >= 0.6 is 0 Å². The molecule has 3 heteroatoms. The van der Waals surface area contributed by atoms with Crippen LogP contribution in [0.2, 0.25) is 0 Å². The molecule has 0 amide bonds. The number of unbranched alkanes of at least 4 members (excludes halogenated alkanes) is 29. The molecule has 0 spiro atoms. The van der Waals surface area contributed by atoms with Gasteiger partial charge in [-0.3, -0.25) is 4.79 Å². The highest BCUT2D eigenvalue weighted by atomic mass is 16.5. The molecule has 0 aliphatic heterocycles. The highest BCUT2D eigenvalue weighted by Crippen LogP contribution is 2.16. The van der Waals surface area contributed by atoms with Gasteiger partial charge in [-0.2, -0.15) is 0 Å². The normalized spacial score (nSPS) is 12.2. The monoisotopic (exact) mass is 609 g/mol. The minimum atomic E-state index is -0.0786. The minimum Gasteiger partial charge on any atom is -0.466 e. The largest absolute Gasteiger partial charge is 0.466 e. The van der Waals surface area contributed by atoms with Gasteiger partial charge in [0, 0.05) is 6.42 Å². The number of hydrogen-bond donors (Lipinski definition) is 1. The first kappa shape index (κ1) is 42.4. The average Bonchev–Trinajstić information content (AvgIpc) is 3.01. The molecule has 0 saturated heterocycles. The van der Waals surface area contributed by atoms with E-state index in [9.17, 15) is 9.90 Å². The Bertz CT molecular complexity index is 520. The van der Waals surface area contributed by atoms with Crippen LogP contribution in [0.3, 0.4) is 0 Å². The SMILES string of the molecule is CCCCCCCCCCCCCCCCCCCCCCOC(=O)CCCCCCCCCCC(O)CCCCCC. The van der Waals surface area contributed by atoms with Crippen LogP contribution in [0, 0.1) is 0 Å². The van der Waals surface area contributed by atoms with Gasteiger partial charge < -0.3 is 9.84 Å². The van der Waals surface area contributed by atoms with E-state index >= 15 is 0 Å². The van der Waals surface area contributed by atoms with Crippen LogP contribution in [0.1, 0.15) is 239 Å². The number of esters is 1. The Hall–Kier alpha value is -0.570. The molecule has 0 aliphatic rings. The van der Waals surface area contributed by atoms with Crippen LogP contribution < -0.4 is 0 Å². The molecule has 0 bridgehead atoms. The lowest BCUT2D eigenvalue weighted by molar-refractivity contribution is -0.143. The molecule has 0 fully saturated rings.